The van der Waals surface area contributed by atoms with Gasteiger partial charge in [-0.1, -0.05) is 49.1 Å². The van der Waals surface area contributed by atoms with Gasteiger partial charge in [0.05, 0.1) is 27.9 Å². The van der Waals surface area contributed by atoms with E-state index in [0.29, 0.717) is 49.1 Å². The Balaban J connectivity index is 1.60. The summed E-state index contributed by atoms with van der Waals surface area (Å²) in [6.07, 6.45) is 3.21. The maximum Gasteiger partial charge on any atom is 0.234 e. The molecule has 1 unspecified atom stereocenters. The third kappa shape index (κ3) is 6.47. The minimum absolute atomic E-state index is 0.00599. The molecule has 7 heteroatoms. The van der Waals surface area contributed by atoms with E-state index in [2.05, 4.69) is 22.9 Å². The third-order valence-electron chi connectivity index (χ3n) is 6.81. The molecule has 1 aliphatic heterocycles. The molecule has 1 amide bonds. The van der Waals surface area contributed by atoms with Crippen molar-refractivity contribution in [3.8, 4) is 23.0 Å². The maximum absolute atomic E-state index is 13.0. The highest BCUT2D eigenvalue weighted by molar-refractivity contribution is 5.78. The number of carbonyl (C=O) groups is 1. The lowest BCUT2D eigenvalue weighted by Crippen LogP contribution is -2.43. The lowest BCUT2D eigenvalue weighted by atomic mass is 9.88. The molecule has 0 aliphatic carbocycles. The Labute approximate surface area is 225 Å². The van der Waals surface area contributed by atoms with E-state index in [1.807, 2.05) is 54.6 Å². The number of hydrogen-bond acceptors (Lipinski definition) is 6. The van der Waals surface area contributed by atoms with Crippen LogP contribution in [0, 0.1) is 0 Å². The number of fused-ring (bicyclic) bond motifs is 1. The van der Waals surface area contributed by atoms with E-state index in [1.54, 1.807) is 27.4 Å². The number of hydrogen-bond donors (Lipinski definition) is 1. The molecule has 1 aliphatic rings. The predicted molar refractivity (Wildman–Crippen MR) is 148 cm³/mol. The second-order valence-electron chi connectivity index (χ2n) is 9.19. The second kappa shape index (κ2) is 13.0. The summed E-state index contributed by atoms with van der Waals surface area (Å²) in [5.41, 5.74) is 4.49. The first-order valence-electron chi connectivity index (χ1n) is 12.8. The number of benzene rings is 3. The highest BCUT2D eigenvalue weighted by Gasteiger charge is 2.31. The lowest BCUT2D eigenvalue weighted by molar-refractivity contribution is -0.123. The fourth-order valence-corrected chi connectivity index (χ4v) is 4.88. The molecule has 1 heterocycles. The minimum atomic E-state index is -0.0364. The lowest BCUT2D eigenvalue weighted by Gasteiger charge is -2.37. The number of rotatable bonds is 12. The zero-order chi connectivity index (χ0) is 26.9. The van der Waals surface area contributed by atoms with Gasteiger partial charge in [0.25, 0.3) is 0 Å². The summed E-state index contributed by atoms with van der Waals surface area (Å²) >= 11 is 0. The van der Waals surface area contributed by atoms with Crippen molar-refractivity contribution in [3.05, 3.63) is 95.6 Å². The molecule has 38 heavy (non-hydrogen) atoms. The SMILES string of the molecule is C=CCOc1ccc(CC2c3cc(OC)c(OC)cc3CCN2CC(=O)NCc2ccccc2)cc1OC. The maximum atomic E-state index is 13.0. The van der Waals surface area contributed by atoms with Crippen LogP contribution in [0.15, 0.2) is 73.3 Å². The van der Waals surface area contributed by atoms with Crippen molar-refractivity contribution in [2.24, 2.45) is 0 Å². The van der Waals surface area contributed by atoms with Gasteiger partial charge in [0.15, 0.2) is 23.0 Å². The van der Waals surface area contributed by atoms with Crippen molar-refractivity contribution >= 4 is 5.91 Å². The Morgan fingerprint density at radius 1 is 0.947 bits per heavy atom. The van der Waals surface area contributed by atoms with Gasteiger partial charge in [0, 0.05) is 19.1 Å². The number of nitrogens with one attached hydrogen (secondary N) is 1. The molecule has 0 aromatic heterocycles. The van der Waals surface area contributed by atoms with Crippen LogP contribution in [0.5, 0.6) is 23.0 Å². The molecule has 3 aromatic rings. The zero-order valence-electron chi connectivity index (χ0n) is 22.4. The normalized spacial score (nSPS) is 14.8. The summed E-state index contributed by atoms with van der Waals surface area (Å²) in [7, 11) is 4.93. The molecule has 0 bridgehead atoms. The summed E-state index contributed by atoms with van der Waals surface area (Å²) in [5, 5.41) is 3.07. The Hall–Kier alpha value is -3.97. The van der Waals surface area contributed by atoms with Crippen LogP contribution in [0.4, 0.5) is 0 Å². The number of nitrogens with zero attached hydrogens (tertiary/aromatic N) is 1. The fourth-order valence-electron chi connectivity index (χ4n) is 4.88. The van der Waals surface area contributed by atoms with Gasteiger partial charge in [-0.3, -0.25) is 9.69 Å². The number of methoxy groups -OCH3 is 3. The molecule has 0 saturated heterocycles. The first-order chi connectivity index (χ1) is 18.6. The molecule has 1 atom stereocenters. The first-order valence-corrected chi connectivity index (χ1v) is 12.8. The zero-order valence-corrected chi connectivity index (χ0v) is 22.4. The molecule has 1 N–H and O–H groups in total. The molecule has 0 saturated carbocycles. The quantitative estimate of drug-likeness (QED) is 0.351. The van der Waals surface area contributed by atoms with Gasteiger partial charge in [-0.15, -0.1) is 0 Å². The van der Waals surface area contributed by atoms with Crippen LogP contribution in [-0.2, 0) is 24.2 Å². The van der Waals surface area contributed by atoms with Crippen molar-refractivity contribution in [1.29, 1.82) is 0 Å². The van der Waals surface area contributed by atoms with Gasteiger partial charge in [-0.2, -0.15) is 0 Å². The average molecular weight is 517 g/mol. The average Bonchev–Trinajstić information content (AvgIpc) is 2.96. The topological polar surface area (TPSA) is 69.3 Å². The fraction of sp³-hybridized carbons (Fsp3) is 0.323. The monoisotopic (exact) mass is 516 g/mol. The summed E-state index contributed by atoms with van der Waals surface area (Å²) in [5.74, 6) is 2.72. The molecule has 4 rings (SSSR count). The first kappa shape index (κ1) is 27.1. The molecule has 7 nitrogen and oxygen atoms in total. The van der Waals surface area contributed by atoms with Gasteiger partial charge in [-0.25, -0.2) is 0 Å². The van der Waals surface area contributed by atoms with Crippen molar-refractivity contribution in [3.63, 3.8) is 0 Å². The van der Waals surface area contributed by atoms with E-state index in [0.717, 1.165) is 29.7 Å². The van der Waals surface area contributed by atoms with E-state index < -0.39 is 0 Å². The predicted octanol–water partition coefficient (Wildman–Crippen LogP) is 4.74. The van der Waals surface area contributed by atoms with Gasteiger partial charge in [0.1, 0.15) is 6.61 Å². The van der Waals surface area contributed by atoms with Crippen LogP contribution in [0.25, 0.3) is 0 Å². The molecular weight excluding hydrogens is 480 g/mol. The van der Waals surface area contributed by atoms with Crippen LogP contribution in [0.1, 0.15) is 28.3 Å². The van der Waals surface area contributed by atoms with Gasteiger partial charge in [0.2, 0.25) is 5.91 Å². The molecule has 0 spiro atoms. The number of amides is 1. The highest BCUT2D eigenvalue weighted by Crippen LogP contribution is 2.40. The smallest absolute Gasteiger partial charge is 0.234 e. The Morgan fingerprint density at radius 3 is 2.37 bits per heavy atom. The highest BCUT2D eigenvalue weighted by atomic mass is 16.5. The van der Waals surface area contributed by atoms with Gasteiger partial charge >= 0.3 is 0 Å². The molecule has 0 radical (unpaired) electrons. The number of ether oxygens (including phenoxy) is 4. The van der Waals surface area contributed by atoms with Crippen molar-refractivity contribution < 1.29 is 23.7 Å². The molecule has 0 fully saturated rings. The van der Waals surface area contributed by atoms with E-state index in [9.17, 15) is 4.79 Å². The Morgan fingerprint density at radius 2 is 1.66 bits per heavy atom. The van der Waals surface area contributed by atoms with Crippen LogP contribution in [0.3, 0.4) is 0 Å². The largest absolute Gasteiger partial charge is 0.493 e. The van der Waals surface area contributed by atoms with Crippen molar-refractivity contribution in [2.75, 3.05) is 41.0 Å². The summed E-state index contributed by atoms with van der Waals surface area (Å²) in [6, 6.07) is 20.0. The van der Waals surface area contributed by atoms with E-state index in [-0.39, 0.29) is 11.9 Å². The molecular formula is C31H36N2O5. The summed E-state index contributed by atoms with van der Waals surface area (Å²) in [4.78, 5) is 15.3. The van der Waals surface area contributed by atoms with E-state index >= 15 is 0 Å². The number of carbonyl (C=O) groups excluding carboxylic acids is 1. The van der Waals surface area contributed by atoms with E-state index in [1.165, 1.54) is 5.56 Å². The van der Waals surface area contributed by atoms with E-state index in [4.69, 9.17) is 18.9 Å². The molecule has 3 aromatic carbocycles. The van der Waals surface area contributed by atoms with Crippen LogP contribution < -0.4 is 24.3 Å². The minimum Gasteiger partial charge on any atom is -0.493 e. The van der Waals surface area contributed by atoms with Crippen LogP contribution >= 0.6 is 0 Å². The summed E-state index contributed by atoms with van der Waals surface area (Å²) < 4.78 is 22.5. The van der Waals surface area contributed by atoms with Crippen molar-refractivity contribution in [2.45, 2.75) is 25.4 Å². The molecule has 200 valence electrons. The Kier molecular flexibility index (Phi) is 9.27. The third-order valence-corrected chi connectivity index (χ3v) is 6.81. The summed E-state index contributed by atoms with van der Waals surface area (Å²) in [6.45, 7) is 5.67. The van der Waals surface area contributed by atoms with Gasteiger partial charge < -0.3 is 24.3 Å². The van der Waals surface area contributed by atoms with Crippen LogP contribution in [0.2, 0.25) is 0 Å². The van der Waals surface area contributed by atoms with Crippen molar-refractivity contribution in [1.82, 2.24) is 10.2 Å². The van der Waals surface area contributed by atoms with Gasteiger partial charge in [-0.05, 0) is 59.4 Å². The standard InChI is InChI=1S/C31H36N2O5/c1-5-15-38-27-12-11-23(17-28(27)35-2)16-26-25-19-30(37-4)29(36-3)18-24(25)13-14-33(26)21-31(34)32-20-22-9-7-6-8-10-22/h5-12,17-19,26H,1,13-16,20-21H2,2-4H3,(H,32,34). The van der Waals surface area contributed by atoms with Crippen LogP contribution in [-0.4, -0.2) is 51.8 Å². The Bertz CT molecular complexity index is 1240. The second-order valence-corrected chi connectivity index (χ2v) is 9.19.